The smallest absolute Gasteiger partial charge is 0.241 e. The Kier molecular flexibility index (Phi) is 4.71. The van der Waals surface area contributed by atoms with Crippen LogP contribution in [0.3, 0.4) is 0 Å². The van der Waals surface area contributed by atoms with E-state index in [0.717, 1.165) is 0 Å². The van der Waals surface area contributed by atoms with E-state index in [-0.39, 0.29) is 11.4 Å². The van der Waals surface area contributed by atoms with Crippen LogP contribution in [0.5, 0.6) is 0 Å². The van der Waals surface area contributed by atoms with Crippen molar-refractivity contribution in [3.8, 4) is 0 Å². The second kappa shape index (κ2) is 5.48. The molecule has 0 aromatic heterocycles. The van der Waals surface area contributed by atoms with Gasteiger partial charge >= 0.3 is 0 Å². The molecule has 0 aliphatic carbocycles. The Balaban J connectivity index is 2.88. The third-order valence-electron chi connectivity index (χ3n) is 2.37. The average molecular weight is 322 g/mol. The number of methoxy groups -OCH3 is 1. The molecule has 0 fully saturated rings. The summed E-state index contributed by atoms with van der Waals surface area (Å²) >= 11 is 3.22. The van der Waals surface area contributed by atoms with Gasteiger partial charge < -0.3 is 4.74 Å². The molecule has 0 bridgehead atoms. The SMILES string of the molecule is COC(C)(C)CNS(=O)(=O)c1ccccc1Br. The Morgan fingerprint density at radius 1 is 1.35 bits per heavy atom. The Labute approximate surface area is 111 Å². The van der Waals surface area contributed by atoms with Crippen LogP contribution in [0, 0.1) is 0 Å². The van der Waals surface area contributed by atoms with Crippen molar-refractivity contribution in [1.82, 2.24) is 4.72 Å². The van der Waals surface area contributed by atoms with Crippen molar-refractivity contribution in [3.05, 3.63) is 28.7 Å². The van der Waals surface area contributed by atoms with Crippen molar-refractivity contribution in [1.29, 1.82) is 0 Å². The van der Waals surface area contributed by atoms with Crippen LogP contribution in [0.4, 0.5) is 0 Å². The summed E-state index contributed by atoms with van der Waals surface area (Å²) in [5, 5.41) is 0. The first-order chi connectivity index (χ1) is 7.78. The van der Waals surface area contributed by atoms with E-state index >= 15 is 0 Å². The highest BCUT2D eigenvalue weighted by Gasteiger charge is 2.22. The topological polar surface area (TPSA) is 55.4 Å². The number of ether oxygens (including phenoxy) is 1. The van der Waals surface area contributed by atoms with Crippen molar-refractivity contribution in [3.63, 3.8) is 0 Å². The number of nitrogens with one attached hydrogen (secondary N) is 1. The molecule has 0 atom stereocenters. The fourth-order valence-corrected chi connectivity index (χ4v) is 3.28. The maximum Gasteiger partial charge on any atom is 0.241 e. The molecule has 0 unspecified atom stereocenters. The molecule has 0 amide bonds. The van der Waals surface area contributed by atoms with E-state index in [1.165, 1.54) is 0 Å². The van der Waals surface area contributed by atoms with Crippen molar-refractivity contribution < 1.29 is 13.2 Å². The van der Waals surface area contributed by atoms with Crippen LogP contribution in [-0.4, -0.2) is 27.7 Å². The minimum absolute atomic E-state index is 0.215. The van der Waals surface area contributed by atoms with Crippen molar-refractivity contribution in [2.24, 2.45) is 0 Å². The van der Waals surface area contributed by atoms with E-state index in [2.05, 4.69) is 20.7 Å². The molecule has 1 aromatic carbocycles. The summed E-state index contributed by atoms with van der Waals surface area (Å²) in [5.74, 6) is 0. The van der Waals surface area contributed by atoms with E-state index in [9.17, 15) is 8.42 Å². The minimum atomic E-state index is -3.51. The number of hydrogen-bond acceptors (Lipinski definition) is 3. The first-order valence-corrected chi connectivity index (χ1v) is 7.35. The first-order valence-electron chi connectivity index (χ1n) is 5.08. The zero-order chi connectivity index (χ0) is 13.1. The molecule has 0 saturated carbocycles. The molecule has 0 radical (unpaired) electrons. The molecule has 0 aliphatic rings. The van der Waals surface area contributed by atoms with Crippen LogP contribution in [0.1, 0.15) is 13.8 Å². The van der Waals surface area contributed by atoms with Gasteiger partial charge in [0, 0.05) is 18.1 Å². The van der Waals surface area contributed by atoms with Crippen LogP contribution in [0.2, 0.25) is 0 Å². The predicted octanol–water partition coefficient (Wildman–Crippen LogP) is 2.15. The molecule has 1 N–H and O–H groups in total. The maximum atomic E-state index is 12.0. The number of hydrogen-bond donors (Lipinski definition) is 1. The molecule has 0 aliphatic heterocycles. The minimum Gasteiger partial charge on any atom is -0.377 e. The van der Waals surface area contributed by atoms with Crippen LogP contribution in [-0.2, 0) is 14.8 Å². The molecule has 1 aromatic rings. The Morgan fingerprint density at radius 3 is 2.47 bits per heavy atom. The van der Waals surface area contributed by atoms with Gasteiger partial charge in [-0.1, -0.05) is 12.1 Å². The standard InChI is InChI=1S/C11H16BrNO3S/c1-11(2,16-3)8-13-17(14,15)10-7-5-4-6-9(10)12/h4-7,13H,8H2,1-3H3. The van der Waals surface area contributed by atoms with Gasteiger partial charge in [-0.3, -0.25) is 0 Å². The largest absolute Gasteiger partial charge is 0.377 e. The molecule has 1 rings (SSSR count). The fraction of sp³-hybridized carbons (Fsp3) is 0.455. The Morgan fingerprint density at radius 2 is 1.94 bits per heavy atom. The van der Waals surface area contributed by atoms with Gasteiger partial charge in [0.1, 0.15) is 0 Å². The van der Waals surface area contributed by atoms with Crippen LogP contribution >= 0.6 is 15.9 Å². The summed E-state index contributed by atoms with van der Waals surface area (Å²) in [5.41, 5.74) is -0.533. The summed E-state index contributed by atoms with van der Waals surface area (Å²) in [6.45, 7) is 3.85. The zero-order valence-corrected chi connectivity index (χ0v) is 12.4. The molecular weight excluding hydrogens is 306 g/mol. The van der Waals surface area contributed by atoms with Crippen molar-refractivity contribution in [2.75, 3.05) is 13.7 Å². The van der Waals surface area contributed by atoms with E-state index in [0.29, 0.717) is 4.47 Å². The highest BCUT2D eigenvalue weighted by Crippen LogP contribution is 2.21. The second-order valence-corrected chi connectivity index (χ2v) is 6.81. The first kappa shape index (κ1) is 14.6. The molecule has 17 heavy (non-hydrogen) atoms. The summed E-state index contributed by atoms with van der Waals surface area (Å²) in [6.07, 6.45) is 0. The highest BCUT2D eigenvalue weighted by molar-refractivity contribution is 9.10. The third-order valence-corrected chi connectivity index (χ3v) is 4.78. The van der Waals surface area contributed by atoms with E-state index in [1.807, 2.05) is 13.8 Å². The number of halogens is 1. The fourth-order valence-electron chi connectivity index (χ4n) is 1.08. The molecule has 0 heterocycles. The average Bonchev–Trinajstić information content (AvgIpc) is 2.27. The summed E-state index contributed by atoms with van der Waals surface area (Å²) < 4.78 is 32.3. The molecule has 96 valence electrons. The number of rotatable bonds is 5. The van der Waals surface area contributed by atoms with Gasteiger partial charge in [-0.2, -0.15) is 0 Å². The zero-order valence-electron chi connectivity index (χ0n) is 10.0. The molecular formula is C11H16BrNO3S. The van der Waals surface area contributed by atoms with Gasteiger partial charge in [-0.25, -0.2) is 13.1 Å². The van der Waals surface area contributed by atoms with Crippen LogP contribution < -0.4 is 4.72 Å². The summed E-state index contributed by atoms with van der Waals surface area (Å²) in [7, 11) is -1.96. The maximum absolute atomic E-state index is 12.0. The summed E-state index contributed by atoms with van der Waals surface area (Å²) in [4.78, 5) is 0.229. The molecule has 0 spiro atoms. The second-order valence-electron chi connectivity index (χ2n) is 4.22. The van der Waals surface area contributed by atoms with Crippen molar-refractivity contribution >= 4 is 26.0 Å². The lowest BCUT2D eigenvalue weighted by molar-refractivity contribution is 0.0276. The lowest BCUT2D eigenvalue weighted by atomic mass is 10.1. The molecule has 0 saturated heterocycles. The van der Waals surface area contributed by atoms with Gasteiger partial charge in [0.05, 0.1) is 10.5 Å². The third kappa shape index (κ3) is 4.06. The van der Waals surface area contributed by atoms with Crippen molar-refractivity contribution in [2.45, 2.75) is 24.3 Å². The number of benzene rings is 1. The van der Waals surface area contributed by atoms with Crippen LogP contribution in [0.25, 0.3) is 0 Å². The van der Waals surface area contributed by atoms with Gasteiger partial charge in [0.25, 0.3) is 0 Å². The Hall–Kier alpha value is -0.430. The quantitative estimate of drug-likeness (QED) is 0.904. The monoisotopic (exact) mass is 321 g/mol. The number of sulfonamides is 1. The summed E-state index contributed by atoms with van der Waals surface area (Å²) in [6, 6.07) is 6.69. The van der Waals surface area contributed by atoms with Gasteiger partial charge in [0.15, 0.2) is 0 Å². The van der Waals surface area contributed by atoms with Gasteiger partial charge in [-0.15, -0.1) is 0 Å². The van der Waals surface area contributed by atoms with E-state index < -0.39 is 15.6 Å². The van der Waals surface area contributed by atoms with E-state index in [1.54, 1.807) is 31.4 Å². The lowest BCUT2D eigenvalue weighted by Crippen LogP contribution is -2.39. The molecule has 4 nitrogen and oxygen atoms in total. The van der Waals surface area contributed by atoms with Gasteiger partial charge in [-0.05, 0) is 41.9 Å². The van der Waals surface area contributed by atoms with E-state index in [4.69, 9.17) is 4.74 Å². The van der Waals surface area contributed by atoms with Crippen LogP contribution in [0.15, 0.2) is 33.6 Å². The molecule has 6 heteroatoms. The predicted molar refractivity (Wildman–Crippen MR) is 70.4 cm³/mol. The highest BCUT2D eigenvalue weighted by atomic mass is 79.9. The Bertz CT molecular complexity index is 485. The lowest BCUT2D eigenvalue weighted by Gasteiger charge is -2.23. The normalized spacial score (nSPS) is 12.7. The van der Waals surface area contributed by atoms with Gasteiger partial charge in [0.2, 0.25) is 10.0 Å².